The number of amides is 1. The molecular formula is C18H21N3O5. The minimum atomic E-state index is -1.16. The summed E-state index contributed by atoms with van der Waals surface area (Å²) in [6.07, 6.45) is 1.22. The van der Waals surface area contributed by atoms with Crippen molar-refractivity contribution in [1.82, 2.24) is 10.6 Å². The second kappa shape index (κ2) is 9.84. The maximum atomic E-state index is 12.0. The van der Waals surface area contributed by atoms with Crippen LogP contribution in [0.3, 0.4) is 0 Å². The Morgan fingerprint density at radius 2 is 1.88 bits per heavy atom. The number of carbonyl (C=O) groups is 3. The molecular weight excluding hydrogens is 338 g/mol. The zero-order valence-electron chi connectivity index (χ0n) is 14.8. The van der Waals surface area contributed by atoms with Crippen molar-refractivity contribution in [2.24, 2.45) is 5.92 Å². The summed E-state index contributed by atoms with van der Waals surface area (Å²) in [5.41, 5.74) is 0.998. The van der Waals surface area contributed by atoms with E-state index in [1.165, 1.54) is 13.3 Å². The number of carboxylic acids is 1. The van der Waals surface area contributed by atoms with Gasteiger partial charge < -0.3 is 20.5 Å². The number of nitrogens with one attached hydrogen (secondary N) is 2. The van der Waals surface area contributed by atoms with Gasteiger partial charge in [0.25, 0.3) is 5.91 Å². The first-order valence-electron chi connectivity index (χ1n) is 7.84. The van der Waals surface area contributed by atoms with E-state index in [2.05, 4.69) is 15.4 Å². The van der Waals surface area contributed by atoms with Crippen LogP contribution in [0.15, 0.2) is 36.0 Å². The molecule has 0 bridgehead atoms. The van der Waals surface area contributed by atoms with Gasteiger partial charge in [-0.3, -0.25) is 4.79 Å². The van der Waals surface area contributed by atoms with Crippen molar-refractivity contribution in [3.8, 4) is 6.07 Å². The number of esters is 1. The van der Waals surface area contributed by atoms with Crippen LogP contribution in [0.4, 0.5) is 0 Å². The van der Waals surface area contributed by atoms with Crippen LogP contribution in [-0.4, -0.2) is 36.1 Å². The number of benzene rings is 1. The van der Waals surface area contributed by atoms with Crippen molar-refractivity contribution in [2.75, 3.05) is 7.11 Å². The van der Waals surface area contributed by atoms with Gasteiger partial charge in [-0.1, -0.05) is 26.0 Å². The first-order valence-corrected chi connectivity index (χ1v) is 7.84. The van der Waals surface area contributed by atoms with Crippen molar-refractivity contribution < 1.29 is 24.2 Å². The summed E-state index contributed by atoms with van der Waals surface area (Å²) in [4.78, 5) is 34.5. The van der Waals surface area contributed by atoms with Gasteiger partial charge in [-0.25, -0.2) is 9.59 Å². The molecule has 1 amide bonds. The molecule has 26 heavy (non-hydrogen) atoms. The Morgan fingerprint density at radius 1 is 1.27 bits per heavy atom. The maximum absolute atomic E-state index is 12.0. The lowest BCUT2D eigenvalue weighted by Gasteiger charge is -2.17. The molecule has 0 aliphatic rings. The molecule has 0 saturated heterocycles. The number of nitrogens with zero attached hydrogens (tertiary/aromatic N) is 1. The fourth-order valence-corrected chi connectivity index (χ4v) is 2.03. The van der Waals surface area contributed by atoms with Crippen LogP contribution in [0.2, 0.25) is 0 Å². The quantitative estimate of drug-likeness (QED) is 0.361. The van der Waals surface area contributed by atoms with Gasteiger partial charge in [-0.15, -0.1) is 0 Å². The number of aliphatic carboxylic acids is 1. The average molecular weight is 359 g/mol. The van der Waals surface area contributed by atoms with E-state index in [1.54, 1.807) is 44.2 Å². The first-order chi connectivity index (χ1) is 12.3. The third-order valence-electron chi connectivity index (χ3n) is 3.51. The standard InChI is InChI=1S/C18H21N3O5/c1-11(2)15(17(23)24)21-16(22)14(8-19)10-20-9-12-4-6-13(7-5-12)18(25)26-3/h4-7,10-11,15,20H,9H2,1-3H3,(H,21,22)(H,23,24)/b14-10-. The first kappa shape index (κ1) is 20.7. The van der Waals surface area contributed by atoms with Crippen LogP contribution in [0.1, 0.15) is 29.8 Å². The summed E-state index contributed by atoms with van der Waals surface area (Å²) < 4.78 is 4.61. The normalized spacial score (nSPS) is 12.0. The molecule has 8 heteroatoms. The molecule has 0 fully saturated rings. The number of methoxy groups -OCH3 is 1. The number of nitriles is 1. The van der Waals surface area contributed by atoms with E-state index in [4.69, 9.17) is 10.4 Å². The van der Waals surface area contributed by atoms with Crippen LogP contribution in [0.5, 0.6) is 0 Å². The van der Waals surface area contributed by atoms with Gasteiger partial charge in [-0.05, 0) is 23.6 Å². The number of hydrogen-bond donors (Lipinski definition) is 3. The summed E-state index contributed by atoms with van der Waals surface area (Å²) in [7, 11) is 1.30. The van der Waals surface area contributed by atoms with Gasteiger partial charge in [-0.2, -0.15) is 5.26 Å². The molecule has 0 saturated carbocycles. The highest BCUT2D eigenvalue weighted by Crippen LogP contribution is 2.06. The smallest absolute Gasteiger partial charge is 0.337 e. The van der Waals surface area contributed by atoms with Crippen LogP contribution in [0, 0.1) is 17.2 Å². The van der Waals surface area contributed by atoms with Crippen molar-refractivity contribution in [1.29, 1.82) is 5.26 Å². The predicted molar refractivity (Wildman–Crippen MR) is 92.7 cm³/mol. The van der Waals surface area contributed by atoms with Gasteiger partial charge in [0, 0.05) is 12.7 Å². The van der Waals surface area contributed by atoms with Crippen molar-refractivity contribution in [3.63, 3.8) is 0 Å². The Balaban J connectivity index is 2.70. The fourth-order valence-electron chi connectivity index (χ4n) is 2.03. The molecule has 138 valence electrons. The van der Waals surface area contributed by atoms with Crippen molar-refractivity contribution in [3.05, 3.63) is 47.2 Å². The zero-order valence-corrected chi connectivity index (χ0v) is 14.8. The van der Waals surface area contributed by atoms with Gasteiger partial charge in [0.1, 0.15) is 17.7 Å². The number of ether oxygens (including phenoxy) is 1. The van der Waals surface area contributed by atoms with Crippen molar-refractivity contribution >= 4 is 17.8 Å². The molecule has 0 radical (unpaired) electrons. The van der Waals surface area contributed by atoms with E-state index < -0.39 is 23.9 Å². The number of rotatable bonds is 8. The van der Waals surface area contributed by atoms with Crippen molar-refractivity contribution in [2.45, 2.75) is 26.4 Å². The Morgan fingerprint density at radius 3 is 2.35 bits per heavy atom. The van der Waals surface area contributed by atoms with Crippen LogP contribution in [-0.2, 0) is 20.9 Å². The van der Waals surface area contributed by atoms with E-state index in [9.17, 15) is 14.4 Å². The van der Waals surface area contributed by atoms with E-state index in [1.807, 2.05) is 0 Å². The Bertz CT molecular complexity index is 732. The minimum absolute atomic E-state index is 0.233. The highest BCUT2D eigenvalue weighted by Gasteiger charge is 2.24. The summed E-state index contributed by atoms with van der Waals surface area (Å²) in [5, 5.41) is 23.3. The van der Waals surface area contributed by atoms with E-state index in [0.29, 0.717) is 12.1 Å². The molecule has 0 aromatic heterocycles. The molecule has 1 aromatic carbocycles. The molecule has 8 nitrogen and oxygen atoms in total. The fraction of sp³-hybridized carbons (Fsp3) is 0.333. The lowest BCUT2D eigenvalue weighted by molar-refractivity contribution is -0.142. The maximum Gasteiger partial charge on any atom is 0.337 e. The summed E-state index contributed by atoms with van der Waals surface area (Å²) in [6, 6.07) is 7.27. The minimum Gasteiger partial charge on any atom is -0.480 e. The largest absolute Gasteiger partial charge is 0.480 e. The third kappa shape index (κ3) is 5.94. The Kier molecular flexibility index (Phi) is 7.83. The molecule has 1 atom stereocenters. The van der Waals surface area contributed by atoms with Gasteiger partial charge in [0.05, 0.1) is 12.7 Å². The molecule has 1 unspecified atom stereocenters. The van der Waals surface area contributed by atoms with E-state index in [-0.39, 0.29) is 11.5 Å². The van der Waals surface area contributed by atoms with E-state index in [0.717, 1.165) is 5.56 Å². The predicted octanol–water partition coefficient (Wildman–Crippen LogP) is 1.20. The number of hydrogen-bond acceptors (Lipinski definition) is 6. The molecule has 0 heterocycles. The molecule has 1 aromatic rings. The highest BCUT2D eigenvalue weighted by molar-refractivity contribution is 5.99. The highest BCUT2D eigenvalue weighted by atomic mass is 16.5. The summed E-state index contributed by atoms with van der Waals surface area (Å²) in [6.45, 7) is 3.63. The van der Waals surface area contributed by atoms with E-state index >= 15 is 0 Å². The Labute approximate surface area is 151 Å². The molecule has 0 spiro atoms. The molecule has 3 N–H and O–H groups in total. The molecule has 0 aliphatic carbocycles. The third-order valence-corrected chi connectivity index (χ3v) is 3.51. The van der Waals surface area contributed by atoms with Gasteiger partial charge in [0.15, 0.2) is 0 Å². The topological polar surface area (TPSA) is 129 Å². The van der Waals surface area contributed by atoms with Crippen LogP contribution in [0.25, 0.3) is 0 Å². The second-order valence-corrected chi connectivity index (χ2v) is 5.77. The lowest BCUT2D eigenvalue weighted by Crippen LogP contribution is -2.44. The monoisotopic (exact) mass is 359 g/mol. The second-order valence-electron chi connectivity index (χ2n) is 5.77. The van der Waals surface area contributed by atoms with Crippen LogP contribution < -0.4 is 10.6 Å². The van der Waals surface area contributed by atoms with Gasteiger partial charge >= 0.3 is 11.9 Å². The number of carboxylic acid groups (broad SMARTS) is 1. The average Bonchev–Trinajstić information content (AvgIpc) is 2.62. The Hall–Kier alpha value is -3.34. The molecule has 0 aliphatic heterocycles. The zero-order chi connectivity index (χ0) is 19.7. The SMILES string of the molecule is COC(=O)c1ccc(CN/C=C(/C#N)C(=O)NC(C(=O)O)C(C)C)cc1. The summed E-state index contributed by atoms with van der Waals surface area (Å²) in [5.74, 6) is -2.69. The van der Waals surface area contributed by atoms with Crippen LogP contribution >= 0.6 is 0 Å². The number of carbonyl (C=O) groups excluding carboxylic acids is 2. The summed E-state index contributed by atoms with van der Waals surface area (Å²) >= 11 is 0. The lowest BCUT2D eigenvalue weighted by atomic mass is 10.0. The molecule has 1 rings (SSSR count). The van der Waals surface area contributed by atoms with Gasteiger partial charge in [0.2, 0.25) is 0 Å².